The van der Waals surface area contributed by atoms with Crippen LogP contribution in [0.15, 0.2) is 18.2 Å². The van der Waals surface area contributed by atoms with Gasteiger partial charge in [0.25, 0.3) is 0 Å². The van der Waals surface area contributed by atoms with Crippen molar-refractivity contribution in [1.29, 1.82) is 0 Å². The molecular formula is C21H30N2OS. The van der Waals surface area contributed by atoms with E-state index >= 15 is 0 Å². The molecule has 1 saturated heterocycles. The molecule has 1 atom stereocenters. The number of ketones is 1. The molecule has 0 bridgehead atoms. The van der Waals surface area contributed by atoms with Gasteiger partial charge in [-0.05, 0) is 74.0 Å². The van der Waals surface area contributed by atoms with Crippen LogP contribution >= 0.6 is 11.3 Å². The SMILES string of the molecule is CCC(C)C(=O)c1ccc2sc(NC)c(C3CCN(CC)CC3)c2c1. The number of benzene rings is 1. The number of carbonyl (C=O) groups is 1. The highest BCUT2D eigenvalue weighted by Crippen LogP contribution is 2.44. The molecule has 0 spiro atoms. The number of fused-ring (bicyclic) bond motifs is 1. The minimum absolute atomic E-state index is 0.0936. The fourth-order valence-electron chi connectivity index (χ4n) is 3.87. The van der Waals surface area contributed by atoms with Crippen molar-refractivity contribution in [3.8, 4) is 0 Å². The lowest BCUT2D eigenvalue weighted by atomic mass is 9.87. The van der Waals surface area contributed by atoms with Gasteiger partial charge in [-0.3, -0.25) is 4.79 Å². The van der Waals surface area contributed by atoms with Gasteiger partial charge in [0.15, 0.2) is 5.78 Å². The third-order valence-corrected chi connectivity index (χ3v) is 6.95. The first-order valence-corrected chi connectivity index (χ1v) is 10.4. The molecule has 0 saturated carbocycles. The molecule has 136 valence electrons. The molecule has 1 aliphatic heterocycles. The number of carbonyl (C=O) groups excluding carboxylic acids is 1. The Hall–Kier alpha value is -1.39. The van der Waals surface area contributed by atoms with E-state index in [4.69, 9.17) is 0 Å². The zero-order chi connectivity index (χ0) is 18.0. The summed E-state index contributed by atoms with van der Waals surface area (Å²) in [7, 11) is 2.01. The van der Waals surface area contributed by atoms with Crippen LogP contribution in [0.2, 0.25) is 0 Å². The van der Waals surface area contributed by atoms with Crippen LogP contribution in [-0.2, 0) is 0 Å². The van der Waals surface area contributed by atoms with E-state index in [0.717, 1.165) is 18.5 Å². The number of nitrogens with one attached hydrogen (secondary N) is 1. The Morgan fingerprint density at radius 2 is 2.04 bits per heavy atom. The van der Waals surface area contributed by atoms with E-state index in [1.54, 1.807) is 0 Å². The standard InChI is InChI=1S/C21H30N2OS/c1-5-14(3)20(24)16-7-8-18-17(13-16)19(21(22-4)25-18)15-9-11-23(6-2)12-10-15/h7-8,13-15,22H,5-6,9-12H2,1-4H3. The lowest BCUT2D eigenvalue weighted by Crippen LogP contribution is -2.32. The van der Waals surface area contributed by atoms with Crippen molar-refractivity contribution >= 4 is 32.2 Å². The van der Waals surface area contributed by atoms with Crippen LogP contribution in [0.25, 0.3) is 10.1 Å². The van der Waals surface area contributed by atoms with Crippen LogP contribution in [0, 0.1) is 5.92 Å². The lowest BCUT2D eigenvalue weighted by molar-refractivity contribution is 0.0927. The van der Waals surface area contributed by atoms with Crippen molar-refractivity contribution < 1.29 is 4.79 Å². The van der Waals surface area contributed by atoms with Crippen LogP contribution in [0.5, 0.6) is 0 Å². The smallest absolute Gasteiger partial charge is 0.165 e. The second kappa shape index (κ2) is 7.88. The maximum Gasteiger partial charge on any atom is 0.165 e. The highest BCUT2D eigenvalue weighted by molar-refractivity contribution is 7.23. The predicted octanol–water partition coefficient (Wildman–Crippen LogP) is 5.37. The van der Waals surface area contributed by atoms with Gasteiger partial charge in [0.05, 0.1) is 5.00 Å². The summed E-state index contributed by atoms with van der Waals surface area (Å²) in [6, 6.07) is 6.31. The lowest BCUT2D eigenvalue weighted by Gasteiger charge is -2.31. The molecule has 1 fully saturated rings. The Bertz CT molecular complexity index is 744. The molecule has 2 heterocycles. The number of thiophene rings is 1. The average Bonchev–Trinajstić information content (AvgIpc) is 3.04. The summed E-state index contributed by atoms with van der Waals surface area (Å²) in [6.45, 7) is 9.84. The summed E-state index contributed by atoms with van der Waals surface area (Å²) < 4.78 is 1.29. The highest BCUT2D eigenvalue weighted by Gasteiger charge is 2.26. The Labute approximate surface area is 155 Å². The van der Waals surface area contributed by atoms with Crippen molar-refractivity contribution in [2.75, 3.05) is 32.0 Å². The minimum Gasteiger partial charge on any atom is -0.380 e. The summed E-state index contributed by atoms with van der Waals surface area (Å²) in [6.07, 6.45) is 3.31. The van der Waals surface area contributed by atoms with Crippen LogP contribution < -0.4 is 5.32 Å². The number of nitrogens with zero attached hydrogens (tertiary/aromatic N) is 1. The van der Waals surface area contributed by atoms with E-state index in [9.17, 15) is 4.79 Å². The van der Waals surface area contributed by atoms with Gasteiger partial charge in [0.1, 0.15) is 0 Å². The molecule has 3 rings (SSSR count). The largest absolute Gasteiger partial charge is 0.380 e. The summed E-state index contributed by atoms with van der Waals surface area (Å²) in [5.41, 5.74) is 2.31. The number of Topliss-reactive ketones (excluding diaryl/α,β-unsaturated/α-hetero) is 1. The number of rotatable bonds is 6. The molecule has 0 radical (unpaired) electrons. The Morgan fingerprint density at radius 1 is 1.32 bits per heavy atom. The topological polar surface area (TPSA) is 32.3 Å². The van der Waals surface area contributed by atoms with Crippen LogP contribution in [0.3, 0.4) is 0 Å². The molecule has 1 aliphatic rings. The van der Waals surface area contributed by atoms with Crippen molar-refractivity contribution in [2.24, 2.45) is 5.92 Å². The normalized spacial score (nSPS) is 17.8. The van der Waals surface area contributed by atoms with E-state index in [1.165, 1.54) is 46.6 Å². The van der Waals surface area contributed by atoms with Gasteiger partial charge in [-0.2, -0.15) is 0 Å². The van der Waals surface area contributed by atoms with Gasteiger partial charge in [-0.1, -0.05) is 20.8 Å². The monoisotopic (exact) mass is 358 g/mol. The van der Waals surface area contributed by atoms with Gasteiger partial charge in [0.2, 0.25) is 0 Å². The summed E-state index contributed by atoms with van der Waals surface area (Å²) in [5.74, 6) is 0.956. The number of piperidine rings is 1. The number of anilines is 1. The van der Waals surface area contributed by atoms with E-state index in [0.29, 0.717) is 5.92 Å². The van der Waals surface area contributed by atoms with E-state index < -0.39 is 0 Å². The van der Waals surface area contributed by atoms with Gasteiger partial charge in [0, 0.05) is 23.2 Å². The maximum atomic E-state index is 12.6. The zero-order valence-corrected chi connectivity index (χ0v) is 16.7. The van der Waals surface area contributed by atoms with Crippen molar-refractivity contribution in [3.05, 3.63) is 29.3 Å². The Balaban J connectivity index is 1.99. The number of hydrogen-bond donors (Lipinski definition) is 1. The van der Waals surface area contributed by atoms with Gasteiger partial charge >= 0.3 is 0 Å². The molecule has 1 N–H and O–H groups in total. The molecule has 2 aromatic rings. The third kappa shape index (κ3) is 3.61. The minimum atomic E-state index is 0.0936. The van der Waals surface area contributed by atoms with Gasteiger partial charge in [-0.15, -0.1) is 11.3 Å². The summed E-state index contributed by atoms with van der Waals surface area (Å²) in [4.78, 5) is 15.2. The van der Waals surface area contributed by atoms with Crippen LogP contribution in [0.1, 0.15) is 61.9 Å². The second-order valence-electron chi connectivity index (χ2n) is 7.19. The first-order chi connectivity index (χ1) is 12.1. The molecule has 3 nitrogen and oxygen atoms in total. The second-order valence-corrected chi connectivity index (χ2v) is 8.24. The van der Waals surface area contributed by atoms with E-state index in [-0.39, 0.29) is 11.7 Å². The van der Waals surface area contributed by atoms with Crippen molar-refractivity contribution in [1.82, 2.24) is 4.90 Å². The quantitative estimate of drug-likeness (QED) is 0.705. The number of hydrogen-bond acceptors (Lipinski definition) is 4. The van der Waals surface area contributed by atoms with E-state index in [1.807, 2.05) is 31.4 Å². The third-order valence-electron chi connectivity index (χ3n) is 5.74. The predicted molar refractivity (Wildman–Crippen MR) is 109 cm³/mol. The van der Waals surface area contributed by atoms with E-state index in [2.05, 4.69) is 36.2 Å². The van der Waals surface area contributed by atoms with Crippen molar-refractivity contribution in [2.45, 2.75) is 46.0 Å². The summed E-state index contributed by atoms with van der Waals surface area (Å²) >= 11 is 1.82. The molecule has 1 aromatic heterocycles. The molecule has 0 aliphatic carbocycles. The van der Waals surface area contributed by atoms with Crippen LogP contribution in [0.4, 0.5) is 5.00 Å². The van der Waals surface area contributed by atoms with Gasteiger partial charge < -0.3 is 10.2 Å². The Kier molecular flexibility index (Phi) is 5.80. The fraction of sp³-hybridized carbons (Fsp3) is 0.571. The number of likely N-dealkylation sites (tertiary alicyclic amines) is 1. The first kappa shape index (κ1) is 18.4. The maximum absolute atomic E-state index is 12.6. The first-order valence-electron chi connectivity index (χ1n) is 9.59. The molecule has 25 heavy (non-hydrogen) atoms. The van der Waals surface area contributed by atoms with Crippen LogP contribution in [-0.4, -0.2) is 37.4 Å². The average molecular weight is 359 g/mol. The molecular weight excluding hydrogens is 328 g/mol. The fourth-order valence-corrected chi connectivity index (χ4v) is 4.99. The Morgan fingerprint density at radius 3 is 2.64 bits per heavy atom. The molecule has 4 heteroatoms. The zero-order valence-electron chi connectivity index (χ0n) is 15.9. The summed E-state index contributed by atoms with van der Waals surface area (Å²) in [5, 5.41) is 5.98. The van der Waals surface area contributed by atoms with Gasteiger partial charge in [-0.25, -0.2) is 0 Å². The highest BCUT2D eigenvalue weighted by atomic mass is 32.1. The van der Waals surface area contributed by atoms with Crippen molar-refractivity contribution in [3.63, 3.8) is 0 Å². The molecule has 0 amide bonds. The molecule has 1 aromatic carbocycles. The molecule has 1 unspecified atom stereocenters.